The molecule has 2 heterocycles. The fourth-order valence-electron chi connectivity index (χ4n) is 5.06. The molecule has 4 aromatic rings. The van der Waals surface area contributed by atoms with Crippen LogP contribution in [-0.4, -0.2) is 26.3 Å². The van der Waals surface area contributed by atoms with Gasteiger partial charge in [0.2, 0.25) is 5.91 Å². The summed E-state index contributed by atoms with van der Waals surface area (Å²) in [4.78, 5) is 34.7. The maximum atomic E-state index is 13.8. The maximum Gasteiger partial charge on any atom is 0.339 e. The van der Waals surface area contributed by atoms with Crippen molar-refractivity contribution in [1.82, 2.24) is 0 Å². The van der Waals surface area contributed by atoms with Crippen molar-refractivity contribution in [3.05, 3.63) is 120 Å². The van der Waals surface area contributed by atoms with Gasteiger partial charge in [0.05, 0.1) is 17.4 Å². The molecule has 196 valence electrons. The van der Waals surface area contributed by atoms with Crippen molar-refractivity contribution in [3.8, 4) is 5.75 Å². The summed E-state index contributed by atoms with van der Waals surface area (Å²) in [6.07, 6.45) is -1.00. The molecule has 8 nitrogen and oxygen atoms in total. The van der Waals surface area contributed by atoms with Crippen LogP contribution in [0.1, 0.15) is 17.2 Å². The van der Waals surface area contributed by atoms with Crippen LogP contribution in [0.4, 0.5) is 11.4 Å². The van der Waals surface area contributed by atoms with E-state index < -0.39 is 34.1 Å². The molecule has 2 amide bonds. The second kappa shape index (κ2) is 9.68. The molecule has 2 fully saturated rings. The molecule has 0 bridgehead atoms. The standard InChI is InChI=1S/C30H24N2O6S/c1-20-9-8-12-23(19-20)31-29(33)26-27(32(37-28(26)30(31)34)22-10-4-2-5-11-22)21-15-17-24(18-16-21)38-39(35,36)25-13-6-3-7-14-25/h2-19,26-28H,1H3/t26-,27+,28-/m0/s1. The summed E-state index contributed by atoms with van der Waals surface area (Å²) >= 11 is 0. The van der Waals surface area contributed by atoms with Crippen LogP contribution in [0.25, 0.3) is 0 Å². The molecular formula is C30H24N2O6S. The first kappa shape index (κ1) is 24.8. The molecular weight excluding hydrogens is 516 g/mol. The van der Waals surface area contributed by atoms with E-state index in [1.54, 1.807) is 53.6 Å². The molecule has 3 atom stereocenters. The number of anilines is 2. The zero-order valence-corrected chi connectivity index (χ0v) is 21.7. The van der Waals surface area contributed by atoms with Crippen molar-refractivity contribution in [2.45, 2.75) is 24.0 Å². The number of carbonyl (C=O) groups excluding carboxylic acids is 2. The van der Waals surface area contributed by atoms with Crippen molar-refractivity contribution in [1.29, 1.82) is 0 Å². The van der Waals surface area contributed by atoms with E-state index in [1.807, 2.05) is 43.3 Å². The zero-order valence-electron chi connectivity index (χ0n) is 20.9. The molecule has 39 heavy (non-hydrogen) atoms. The van der Waals surface area contributed by atoms with E-state index in [4.69, 9.17) is 9.02 Å². The van der Waals surface area contributed by atoms with Gasteiger partial charge in [0.1, 0.15) is 16.6 Å². The Morgan fingerprint density at radius 1 is 0.744 bits per heavy atom. The molecule has 0 saturated carbocycles. The van der Waals surface area contributed by atoms with Crippen molar-refractivity contribution in [3.63, 3.8) is 0 Å². The van der Waals surface area contributed by atoms with Crippen molar-refractivity contribution in [2.75, 3.05) is 9.96 Å². The minimum atomic E-state index is -4.01. The number of para-hydroxylation sites is 1. The number of carbonyl (C=O) groups is 2. The largest absolute Gasteiger partial charge is 0.379 e. The zero-order chi connectivity index (χ0) is 27.1. The number of nitrogens with zero attached hydrogens (tertiary/aromatic N) is 2. The summed E-state index contributed by atoms with van der Waals surface area (Å²) in [7, 11) is -4.01. The Hall–Kier alpha value is -4.47. The van der Waals surface area contributed by atoms with E-state index in [-0.39, 0.29) is 16.6 Å². The third kappa shape index (κ3) is 4.45. The van der Waals surface area contributed by atoms with Gasteiger partial charge in [0, 0.05) is 0 Å². The van der Waals surface area contributed by atoms with E-state index in [2.05, 4.69) is 0 Å². The number of hydrogen-bond donors (Lipinski definition) is 0. The quantitative estimate of drug-likeness (QED) is 0.256. The lowest BCUT2D eigenvalue weighted by atomic mass is 9.90. The van der Waals surface area contributed by atoms with Gasteiger partial charge in [-0.3, -0.25) is 14.4 Å². The average molecular weight is 541 g/mol. The minimum absolute atomic E-state index is 0.0441. The lowest BCUT2D eigenvalue weighted by molar-refractivity contribution is -0.126. The van der Waals surface area contributed by atoms with E-state index in [0.29, 0.717) is 16.9 Å². The summed E-state index contributed by atoms with van der Waals surface area (Å²) in [5.74, 6) is -1.46. The van der Waals surface area contributed by atoms with Crippen LogP contribution in [0, 0.1) is 12.8 Å². The first-order valence-corrected chi connectivity index (χ1v) is 13.8. The van der Waals surface area contributed by atoms with Gasteiger partial charge in [-0.2, -0.15) is 8.42 Å². The number of fused-ring (bicyclic) bond motifs is 1. The smallest absolute Gasteiger partial charge is 0.339 e. The highest BCUT2D eigenvalue weighted by Crippen LogP contribution is 2.47. The number of aryl methyl sites for hydroxylation is 1. The second-order valence-corrected chi connectivity index (χ2v) is 11.0. The van der Waals surface area contributed by atoms with Gasteiger partial charge in [-0.1, -0.05) is 60.7 Å². The van der Waals surface area contributed by atoms with Gasteiger partial charge in [0.15, 0.2) is 6.10 Å². The SMILES string of the molecule is Cc1cccc(N2C(=O)[C@@H]3[C@H](ON(c4ccccc4)[C@@H]3c3ccc(OS(=O)(=O)c4ccccc4)cc3)C2=O)c1. The van der Waals surface area contributed by atoms with Gasteiger partial charge >= 0.3 is 10.1 Å². The van der Waals surface area contributed by atoms with Crippen LogP contribution in [0.5, 0.6) is 5.75 Å². The van der Waals surface area contributed by atoms with Gasteiger partial charge in [-0.05, 0) is 66.6 Å². The highest BCUT2D eigenvalue weighted by atomic mass is 32.2. The number of rotatable bonds is 6. The predicted octanol–water partition coefficient (Wildman–Crippen LogP) is 4.81. The molecule has 2 saturated heterocycles. The number of benzene rings is 4. The summed E-state index contributed by atoms with van der Waals surface area (Å²) in [6.45, 7) is 1.90. The predicted molar refractivity (Wildman–Crippen MR) is 144 cm³/mol. The third-order valence-corrected chi connectivity index (χ3v) is 8.11. The Morgan fingerprint density at radius 2 is 1.38 bits per heavy atom. The Balaban J connectivity index is 1.35. The van der Waals surface area contributed by atoms with Crippen molar-refractivity contribution in [2.24, 2.45) is 5.92 Å². The Morgan fingerprint density at radius 3 is 2.05 bits per heavy atom. The first-order valence-electron chi connectivity index (χ1n) is 12.4. The van der Waals surface area contributed by atoms with Gasteiger partial charge in [-0.15, -0.1) is 0 Å². The highest BCUT2D eigenvalue weighted by molar-refractivity contribution is 7.87. The number of hydrogen-bond acceptors (Lipinski definition) is 7. The first-order chi connectivity index (χ1) is 18.8. The normalized spacial score (nSPS) is 20.8. The summed E-state index contributed by atoms with van der Waals surface area (Å²) in [5.41, 5.74) is 2.78. The number of amides is 2. The molecule has 6 rings (SSSR count). The highest BCUT2D eigenvalue weighted by Gasteiger charge is 2.60. The molecule has 2 aliphatic rings. The molecule has 0 spiro atoms. The Bertz CT molecular complexity index is 1640. The number of imide groups is 1. The van der Waals surface area contributed by atoms with E-state index >= 15 is 0 Å². The molecule has 0 N–H and O–H groups in total. The molecule has 9 heteroatoms. The van der Waals surface area contributed by atoms with Gasteiger partial charge in [-0.25, -0.2) is 9.96 Å². The van der Waals surface area contributed by atoms with Crippen molar-refractivity contribution >= 4 is 33.3 Å². The monoisotopic (exact) mass is 540 g/mol. The minimum Gasteiger partial charge on any atom is -0.379 e. The molecule has 0 aromatic heterocycles. The van der Waals surface area contributed by atoms with E-state index in [9.17, 15) is 18.0 Å². The molecule has 0 radical (unpaired) electrons. The molecule has 0 aliphatic carbocycles. The van der Waals surface area contributed by atoms with Crippen LogP contribution in [0.3, 0.4) is 0 Å². The summed E-state index contributed by atoms with van der Waals surface area (Å²) in [6, 6.07) is 30.1. The van der Waals surface area contributed by atoms with Gasteiger partial charge in [0.25, 0.3) is 5.91 Å². The summed E-state index contributed by atoms with van der Waals surface area (Å²) in [5, 5.41) is 1.59. The van der Waals surface area contributed by atoms with E-state index in [1.165, 1.54) is 29.2 Å². The average Bonchev–Trinajstić information content (AvgIpc) is 3.45. The maximum absolute atomic E-state index is 13.8. The molecule has 4 aromatic carbocycles. The molecule has 0 unspecified atom stereocenters. The van der Waals surface area contributed by atoms with Crippen LogP contribution in [0.15, 0.2) is 114 Å². The van der Waals surface area contributed by atoms with Crippen LogP contribution in [0.2, 0.25) is 0 Å². The Kier molecular flexibility index (Phi) is 6.17. The second-order valence-electron chi connectivity index (χ2n) is 9.43. The lowest BCUT2D eigenvalue weighted by Gasteiger charge is -2.29. The lowest BCUT2D eigenvalue weighted by Crippen LogP contribution is -2.37. The molecule has 2 aliphatic heterocycles. The van der Waals surface area contributed by atoms with E-state index in [0.717, 1.165) is 5.56 Å². The van der Waals surface area contributed by atoms with Gasteiger partial charge < -0.3 is 4.18 Å². The Labute approximate surface area is 226 Å². The summed E-state index contributed by atoms with van der Waals surface area (Å²) < 4.78 is 30.7. The fourth-order valence-corrected chi connectivity index (χ4v) is 6.01. The van der Waals surface area contributed by atoms with Crippen LogP contribution >= 0.6 is 0 Å². The topological polar surface area (TPSA) is 93.2 Å². The van der Waals surface area contributed by atoms with Crippen LogP contribution in [-0.2, 0) is 24.5 Å². The van der Waals surface area contributed by atoms with Crippen molar-refractivity contribution < 1.29 is 27.0 Å². The number of hydroxylamine groups is 1. The van der Waals surface area contributed by atoms with Crippen LogP contribution < -0.4 is 14.1 Å². The fraction of sp³-hybridized carbons (Fsp3) is 0.133. The third-order valence-electron chi connectivity index (χ3n) is 6.85.